The molecule has 50 heavy (non-hydrogen) atoms. The van der Waals surface area contributed by atoms with Crippen LogP contribution in [0.1, 0.15) is 27.7 Å². The number of nitrogens with one attached hydrogen (secondary N) is 6. The van der Waals surface area contributed by atoms with Crippen molar-refractivity contribution >= 4 is 36.6 Å². The molecule has 6 amide bonds. The Morgan fingerprint density at radius 3 is 0.860 bits per heavy atom. The van der Waals surface area contributed by atoms with E-state index >= 15 is 0 Å². The first-order valence-electron chi connectivity index (χ1n) is 11.7. The average molecular weight is 1100 g/mol. The zero-order chi connectivity index (χ0) is 30.2. The Morgan fingerprint density at radius 1 is 0.420 bits per heavy atom. The molecule has 5 radical (unpaired) electrons. The fourth-order valence-corrected chi connectivity index (χ4v) is 1.90. The van der Waals surface area contributed by atoms with E-state index in [1.165, 1.54) is 6.54 Å². The van der Waals surface area contributed by atoms with Crippen LogP contribution in [-0.2, 0) is 192 Å². The predicted molar refractivity (Wildman–Crippen MR) is 166 cm³/mol. The molecule has 285 valence electrons. The maximum atomic E-state index is 11.5. The van der Waals surface area contributed by atoms with E-state index in [2.05, 4.69) is 31.9 Å². The first-order chi connectivity index (χ1) is 19.0. The number of hydrogen-bond donors (Lipinski definition) is 6. The zero-order valence-corrected chi connectivity index (χ0v) is 44.6. The van der Waals surface area contributed by atoms with E-state index in [4.69, 9.17) is 28.4 Å². The van der Waals surface area contributed by atoms with E-state index in [1.807, 2.05) is 0 Å². The van der Waals surface area contributed by atoms with Crippen molar-refractivity contribution in [3.63, 3.8) is 0 Å². The van der Waals surface area contributed by atoms with Crippen molar-refractivity contribution in [1.82, 2.24) is 31.9 Å². The largest absolute Gasteiger partial charge is 0.483 e. The van der Waals surface area contributed by atoms with Crippen LogP contribution in [-0.4, -0.2) is 81.7 Å². The molecule has 23 heteroatoms. The van der Waals surface area contributed by atoms with Crippen molar-refractivity contribution in [2.24, 2.45) is 0 Å². The Balaban J connectivity index is -0.000000169. The number of amides is 6. The molecule has 0 aromatic rings. The summed E-state index contributed by atoms with van der Waals surface area (Å²) in [6.07, 6.45) is -5.12. The second kappa shape index (κ2) is 54.5. The van der Waals surface area contributed by atoms with E-state index in [0.29, 0.717) is 0 Å². The molecule has 0 aromatic carbocycles. The Bertz CT molecular complexity index is 760. The second-order valence-corrected chi connectivity index (χ2v) is 7.49. The van der Waals surface area contributed by atoms with Crippen LogP contribution in [0.25, 0.3) is 0 Å². The number of ether oxygens (including phenoxy) is 6. The van der Waals surface area contributed by atoms with Crippen molar-refractivity contribution in [2.45, 2.75) is 39.8 Å². The van der Waals surface area contributed by atoms with Gasteiger partial charge < -0.3 is 97.5 Å². The standard InChI is InChI=1S/C22H35N6O12.5CH3.5Y/c1-15(2)28-22(34)39-14-8-26-20(32)37-12-6-24-18(30)35-10-5-23-17(29)36-11-7-25-19(31)38-13-9-27-21(33)40-16(3)4;;;;;;;;;;/h5-9,15-16H,10-14H2,1-4H3,(H,23,29)(H,24,30)(H,25,31)(H,26,32)(H,27,33)(H,28,34);5*1H3;;;;;/q-5;5*-1;;;;;. The minimum absolute atomic E-state index is 0. The molecule has 0 spiro atoms. The first-order valence-corrected chi connectivity index (χ1v) is 11.7. The van der Waals surface area contributed by atoms with Crippen LogP contribution in [0, 0.1) is 69.9 Å². The fourth-order valence-electron chi connectivity index (χ4n) is 1.90. The van der Waals surface area contributed by atoms with Gasteiger partial charge in [0.05, 0.1) is 6.10 Å². The summed E-state index contributed by atoms with van der Waals surface area (Å²) in [6, 6.07) is -0.0891. The van der Waals surface area contributed by atoms with Crippen molar-refractivity contribution in [3.05, 3.63) is 69.9 Å². The maximum Gasteiger partial charge on any atom is 0.404 e. The summed E-state index contributed by atoms with van der Waals surface area (Å²) in [7, 11) is 0. The topological polar surface area (TPSA) is 230 Å². The molecule has 0 rings (SSSR count). The van der Waals surface area contributed by atoms with Crippen molar-refractivity contribution in [3.8, 4) is 0 Å². The smallest absolute Gasteiger partial charge is 0.404 e. The summed E-state index contributed by atoms with van der Waals surface area (Å²) in [6.45, 7) is 11.2. The van der Waals surface area contributed by atoms with Crippen LogP contribution >= 0.6 is 0 Å². The fraction of sp³-hybridized carbons (Fsp3) is 0.407. The van der Waals surface area contributed by atoms with Crippen LogP contribution in [0.3, 0.4) is 0 Å². The molecule has 0 unspecified atom stereocenters. The maximum absolute atomic E-state index is 11.5. The molecular weight excluding hydrogens is 1040 g/mol. The van der Waals surface area contributed by atoms with Crippen LogP contribution in [0.4, 0.5) is 28.8 Å². The van der Waals surface area contributed by atoms with Crippen molar-refractivity contribution in [1.29, 1.82) is 0 Å². The van der Waals surface area contributed by atoms with Gasteiger partial charge in [0.2, 0.25) is 0 Å². The van der Waals surface area contributed by atoms with Gasteiger partial charge in [-0.1, -0.05) is 0 Å². The minimum atomic E-state index is -0.898. The molecule has 0 aliphatic heterocycles. The van der Waals surface area contributed by atoms with Gasteiger partial charge in [-0.05, 0) is 60.7 Å². The summed E-state index contributed by atoms with van der Waals surface area (Å²) in [5, 5.41) is 13.5. The van der Waals surface area contributed by atoms with Crippen molar-refractivity contribution in [2.75, 3.05) is 33.0 Å². The van der Waals surface area contributed by atoms with Gasteiger partial charge in [-0.15, -0.1) is 0 Å². The monoisotopic (exact) mass is 1090 g/mol. The molecule has 0 aromatic heterocycles. The van der Waals surface area contributed by atoms with Crippen molar-refractivity contribution < 1.29 is 221 Å². The van der Waals surface area contributed by atoms with Crippen LogP contribution < -0.4 is 31.9 Å². The molecule has 0 bridgehead atoms. The molecular formula is C27H50N6O12Y5-10. The molecule has 0 aliphatic rings. The Labute approximate surface area is 425 Å². The van der Waals surface area contributed by atoms with E-state index in [0.717, 1.165) is 26.2 Å². The van der Waals surface area contributed by atoms with Gasteiger partial charge in [0.25, 0.3) is 0 Å². The normalized spacial score (nSPS) is 8.04. The zero-order valence-electron chi connectivity index (χ0n) is 30.4. The van der Waals surface area contributed by atoms with Gasteiger partial charge in [-0.3, -0.25) is 0 Å². The third kappa shape index (κ3) is 58.4. The molecule has 0 saturated carbocycles. The summed E-state index contributed by atoms with van der Waals surface area (Å²) >= 11 is 0. The van der Waals surface area contributed by atoms with Gasteiger partial charge in [0.15, 0.2) is 0 Å². The number of carbonyl (C=O) groups is 6. The summed E-state index contributed by atoms with van der Waals surface area (Å²) in [5.74, 6) is 0. The third-order valence-corrected chi connectivity index (χ3v) is 3.34. The molecule has 18 nitrogen and oxygen atoms in total. The average Bonchev–Trinajstić information content (AvgIpc) is 2.86. The second-order valence-electron chi connectivity index (χ2n) is 7.49. The van der Waals surface area contributed by atoms with Crippen LogP contribution in [0.5, 0.6) is 0 Å². The van der Waals surface area contributed by atoms with E-state index in [9.17, 15) is 28.8 Å². The van der Waals surface area contributed by atoms with Gasteiger partial charge in [-0.25, -0.2) is 61.5 Å². The number of alkyl carbamates (subject to hydrolysis) is 6. The van der Waals surface area contributed by atoms with E-state index < -0.39 is 36.6 Å². The molecule has 0 heterocycles. The number of hydrogen-bond acceptors (Lipinski definition) is 12. The van der Waals surface area contributed by atoms with Gasteiger partial charge in [0, 0.05) is 170 Å². The van der Waals surface area contributed by atoms with Crippen LogP contribution in [0.2, 0.25) is 0 Å². The Morgan fingerprint density at radius 2 is 0.640 bits per heavy atom. The summed E-state index contributed by atoms with van der Waals surface area (Å²) in [5.41, 5.74) is 0. The molecule has 0 aliphatic carbocycles. The molecule has 6 N–H and O–H groups in total. The molecule has 0 saturated heterocycles. The minimum Gasteiger partial charge on any atom is -0.483 e. The summed E-state index contributed by atoms with van der Waals surface area (Å²) < 4.78 is 28.4. The van der Waals surface area contributed by atoms with Gasteiger partial charge in [0.1, 0.15) is 0 Å². The Hall–Kier alpha value is 1.14. The quantitative estimate of drug-likeness (QED) is 0.0702. The molecule has 0 atom stereocenters. The first kappa shape index (κ1) is 79.8. The van der Waals surface area contributed by atoms with E-state index in [-0.39, 0.29) is 246 Å². The molecule has 0 fully saturated rings. The number of rotatable bonds is 17. The van der Waals surface area contributed by atoms with Gasteiger partial charge in [-0.2, -0.15) is 0 Å². The summed E-state index contributed by atoms with van der Waals surface area (Å²) in [4.78, 5) is 68.3. The predicted octanol–water partition coefficient (Wildman–Crippen LogP) is 3.21. The van der Waals surface area contributed by atoms with Gasteiger partial charge >= 0.3 is 36.6 Å². The van der Waals surface area contributed by atoms with Crippen LogP contribution in [0.15, 0.2) is 0 Å². The van der Waals surface area contributed by atoms with E-state index in [1.54, 1.807) is 27.7 Å². The number of carbonyl (C=O) groups excluding carboxylic acids is 6. The SMILES string of the molecule is CC(C)NC(=O)OC[CH-]NC(=O)OC[CH-]NC(=O)OC[CH-]NC(=O)OC[CH-]NC(=O)OC[CH-]NC(=O)OC(C)C.[CH3-].[CH3-].[CH3-].[CH3-].[CH3-].[Y].[Y].[Y].[Y].[Y]. The third-order valence-electron chi connectivity index (χ3n) is 3.34. The Kier molecular flexibility index (Phi) is 87.0.